The maximum Gasteiger partial charge on any atom is 0.247 e. The summed E-state index contributed by atoms with van der Waals surface area (Å²) in [5.41, 5.74) is 2.03. The Balaban J connectivity index is 1.87. The molecule has 1 amide bonds. The maximum absolute atomic E-state index is 13.0. The molecule has 4 nitrogen and oxygen atoms in total. The molecule has 5 heteroatoms. The monoisotopic (exact) mass is 355 g/mol. The average Bonchev–Trinajstić information content (AvgIpc) is 3.25. The topological polar surface area (TPSA) is 39.0 Å². The number of anilines is 1. The standard InChI is InChI=1S/C20H25N3OS/c1-15(2)23-13-9-16-17(7-6-8-18(16)23)21-20(24)19(10-14-25-3)22-11-4-5-12-22/h4-9,11-13,15,19H,10,14H2,1-3H3,(H,21,24)/t19-/m0/s1. The number of thioether (sulfide) groups is 1. The van der Waals surface area contributed by atoms with E-state index in [1.165, 1.54) is 0 Å². The number of amides is 1. The van der Waals surface area contributed by atoms with Crippen molar-refractivity contribution < 1.29 is 4.79 Å². The smallest absolute Gasteiger partial charge is 0.247 e. The minimum Gasteiger partial charge on any atom is -0.345 e. The Morgan fingerprint density at radius 2 is 1.88 bits per heavy atom. The Hall–Kier alpha value is -2.14. The van der Waals surface area contributed by atoms with Crippen LogP contribution in [0.25, 0.3) is 10.9 Å². The highest BCUT2D eigenvalue weighted by Crippen LogP contribution is 2.28. The van der Waals surface area contributed by atoms with Gasteiger partial charge in [0.05, 0.1) is 11.2 Å². The van der Waals surface area contributed by atoms with Crippen LogP contribution in [0.4, 0.5) is 5.69 Å². The Labute approximate surface area is 153 Å². The van der Waals surface area contributed by atoms with E-state index in [1.54, 1.807) is 11.8 Å². The first-order valence-corrected chi connectivity index (χ1v) is 10.0. The molecule has 132 valence electrons. The molecule has 0 spiro atoms. The van der Waals surface area contributed by atoms with Crippen molar-refractivity contribution in [3.05, 3.63) is 55.0 Å². The van der Waals surface area contributed by atoms with Crippen LogP contribution >= 0.6 is 11.8 Å². The van der Waals surface area contributed by atoms with Crippen LogP contribution in [-0.4, -0.2) is 27.1 Å². The molecule has 0 aliphatic heterocycles. The molecule has 0 unspecified atom stereocenters. The average molecular weight is 356 g/mol. The van der Waals surface area contributed by atoms with Crippen molar-refractivity contribution in [3.8, 4) is 0 Å². The number of aromatic nitrogens is 2. The van der Waals surface area contributed by atoms with E-state index in [4.69, 9.17) is 0 Å². The van der Waals surface area contributed by atoms with E-state index in [0.717, 1.165) is 28.8 Å². The van der Waals surface area contributed by atoms with Crippen molar-refractivity contribution in [2.24, 2.45) is 0 Å². The predicted octanol–water partition coefficient (Wildman–Crippen LogP) is 4.96. The lowest BCUT2D eigenvalue weighted by Gasteiger charge is -2.19. The molecule has 0 saturated carbocycles. The summed E-state index contributed by atoms with van der Waals surface area (Å²) < 4.78 is 4.22. The van der Waals surface area contributed by atoms with Crippen LogP contribution in [0.15, 0.2) is 55.0 Å². The first kappa shape index (κ1) is 17.7. The second kappa shape index (κ2) is 7.83. The first-order valence-electron chi connectivity index (χ1n) is 8.63. The van der Waals surface area contributed by atoms with Crippen LogP contribution in [0.3, 0.4) is 0 Å². The first-order chi connectivity index (χ1) is 12.1. The van der Waals surface area contributed by atoms with Gasteiger partial charge >= 0.3 is 0 Å². The molecule has 0 aliphatic rings. The maximum atomic E-state index is 13.0. The fraction of sp³-hybridized carbons (Fsp3) is 0.350. The lowest BCUT2D eigenvalue weighted by Crippen LogP contribution is -2.26. The molecule has 0 bridgehead atoms. The van der Waals surface area contributed by atoms with Crippen molar-refractivity contribution >= 4 is 34.3 Å². The van der Waals surface area contributed by atoms with Crippen LogP contribution in [0.5, 0.6) is 0 Å². The van der Waals surface area contributed by atoms with Crippen molar-refractivity contribution in [2.75, 3.05) is 17.3 Å². The molecular formula is C20H25N3OS. The van der Waals surface area contributed by atoms with Gasteiger partial charge in [0.25, 0.3) is 0 Å². The number of rotatable bonds is 7. The van der Waals surface area contributed by atoms with Gasteiger partial charge < -0.3 is 14.5 Å². The van der Waals surface area contributed by atoms with E-state index in [0.29, 0.717) is 6.04 Å². The molecule has 25 heavy (non-hydrogen) atoms. The van der Waals surface area contributed by atoms with E-state index >= 15 is 0 Å². The molecule has 2 aromatic heterocycles. The Kier molecular flexibility index (Phi) is 5.53. The SMILES string of the molecule is CSCC[C@@H](C(=O)Nc1cccc2c1ccn2C(C)C)n1cccc1. The fourth-order valence-corrected chi connectivity index (χ4v) is 3.62. The van der Waals surface area contributed by atoms with Crippen LogP contribution in [0.2, 0.25) is 0 Å². The lowest BCUT2D eigenvalue weighted by molar-refractivity contribution is -0.119. The number of carbonyl (C=O) groups is 1. The van der Waals surface area contributed by atoms with Gasteiger partial charge in [0.1, 0.15) is 6.04 Å². The third-order valence-electron chi connectivity index (χ3n) is 4.46. The molecule has 0 aliphatic carbocycles. The number of carbonyl (C=O) groups excluding carboxylic acids is 1. The van der Waals surface area contributed by atoms with Crippen molar-refractivity contribution in [1.82, 2.24) is 9.13 Å². The number of hydrogen-bond donors (Lipinski definition) is 1. The molecule has 1 N–H and O–H groups in total. The van der Waals surface area contributed by atoms with E-state index < -0.39 is 0 Å². The molecule has 3 rings (SSSR count). The minimum absolute atomic E-state index is 0.0371. The van der Waals surface area contributed by atoms with Gasteiger partial charge in [-0.05, 0) is 62.6 Å². The summed E-state index contributed by atoms with van der Waals surface area (Å²) in [5, 5.41) is 4.24. The highest BCUT2D eigenvalue weighted by Gasteiger charge is 2.20. The Morgan fingerprint density at radius 3 is 2.56 bits per heavy atom. The van der Waals surface area contributed by atoms with Gasteiger partial charge in [-0.1, -0.05) is 6.07 Å². The largest absolute Gasteiger partial charge is 0.345 e. The van der Waals surface area contributed by atoms with Crippen molar-refractivity contribution in [2.45, 2.75) is 32.4 Å². The number of nitrogens with one attached hydrogen (secondary N) is 1. The highest BCUT2D eigenvalue weighted by atomic mass is 32.2. The zero-order valence-corrected chi connectivity index (χ0v) is 15.8. The third-order valence-corrected chi connectivity index (χ3v) is 5.11. The second-order valence-electron chi connectivity index (χ2n) is 6.47. The number of nitrogens with zero attached hydrogens (tertiary/aromatic N) is 2. The van der Waals surface area contributed by atoms with Crippen molar-refractivity contribution in [1.29, 1.82) is 0 Å². The van der Waals surface area contributed by atoms with Gasteiger partial charge in [0.2, 0.25) is 5.91 Å². The molecule has 1 atom stereocenters. The van der Waals surface area contributed by atoms with Crippen molar-refractivity contribution in [3.63, 3.8) is 0 Å². The summed E-state index contributed by atoms with van der Waals surface area (Å²) in [7, 11) is 0. The van der Waals surface area contributed by atoms with E-state index in [2.05, 4.69) is 48.3 Å². The third kappa shape index (κ3) is 3.76. The van der Waals surface area contributed by atoms with Crippen LogP contribution in [-0.2, 0) is 4.79 Å². The summed E-state index contributed by atoms with van der Waals surface area (Å²) in [6.07, 6.45) is 8.88. The van der Waals surface area contributed by atoms with Crippen LogP contribution < -0.4 is 5.32 Å². The number of fused-ring (bicyclic) bond motifs is 1. The quantitative estimate of drug-likeness (QED) is 0.651. The lowest BCUT2D eigenvalue weighted by atomic mass is 10.1. The minimum atomic E-state index is -0.190. The molecule has 0 fully saturated rings. The second-order valence-corrected chi connectivity index (χ2v) is 7.46. The molecular weight excluding hydrogens is 330 g/mol. The predicted molar refractivity (Wildman–Crippen MR) is 107 cm³/mol. The zero-order valence-electron chi connectivity index (χ0n) is 15.0. The summed E-state index contributed by atoms with van der Waals surface area (Å²) in [5.74, 6) is 0.986. The molecule has 0 saturated heterocycles. The van der Waals surface area contributed by atoms with Gasteiger partial charge in [-0.15, -0.1) is 0 Å². The van der Waals surface area contributed by atoms with E-state index in [-0.39, 0.29) is 11.9 Å². The van der Waals surface area contributed by atoms with E-state index in [9.17, 15) is 4.79 Å². The van der Waals surface area contributed by atoms with Gasteiger partial charge in [0.15, 0.2) is 0 Å². The Bertz CT molecular complexity index is 836. The molecule has 3 aromatic rings. The van der Waals surface area contributed by atoms with Gasteiger partial charge in [-0.25, -0.2) is 0 Å². The van der Waals surface area contributed by atoms with Crippen LogP contribution in [0.1, 0.15) is 32.4 Å². The molecule has 2 heterocycles. The summed E-state index contributed by atoms with van der Waals surface area (Å²) in [4.78, 5) is 13.0. The highest BCUT2D eigenvalue weighted by molar-refractivity contribution is 7.98. The van der Waals surface area contributed by atoms with Gasteiger partial charge in [-0.2, -0.15) is 11.8 Å². The molecule has 1 aromatic carbocycles. The normalized spacial score (nSPS) is 12.6. The van der Waals surface area contributed by atoms with Gasteiger partial charge in [0, 0.05) is 30.0 Å². The number of hydrogen-bond acceptors (Lipinski definition) is 2. The molecule has 0 radical (unpaired) electrons. The summed E-state index contributed by atoms with van der Waals surface area (Å²) in [6.45, 7) is 4.32. The fourth-order valence-electron chi connectivity index (χ4n) is 3.16. The number of benzene rings is 1. The van der Waals surface area contributed by atoms with E-state index in [1.807, 2.05) is 41.2 Å². The zero-order chi connectivity index (χ0) is 17.8. The summed E-state index contributed by atoms with van der Waals surface area (Å²) in [6, 6.07) is 12.3. The summed E-state index contributed by atoms with van der Waals surface area (Å²) >= 11 is 1.76. The van der Waals surface area contributed by atoms with Crippen LogP contribution in [0, 0.1) is 0 Å². The Morgan fingerprint density at radius 1 is 1.12 bits per heavy atom. The van der Waals surface area contributed by atoms with Gasteiger partial charge in [-0.3, -0.25) is 4.79 Å².